The van der Waals surface area contributed by atoms with Crippen LogP contribution in [0.5, 0.6) is 0 Å². The fourth-order valence-corrected chi connectivity index (χ4v) is 2.08. The first-order valence-corrected chi connectivity index (χ1v) is 5.79. The van der Waals surface area contributed by atoms with E-state index < -0.39 is 11.9 Å². The number of aliphatic hydroxyl groups excluding tert-OH is 1. The molecule has 2 N–H and O–H groups in total. The van der Waals surface area contributed by atoms with Crippen LogP contribution in [0.2, 0.25) is 0 Å². The van der Waals surface area contributed by atoms with Crippen molar-refractivity contribution in [2.24, 2.45) is 5.92 Å². The third kappa shape index (κ3) is 3.10. The number of alkyl halides is 3. The Balaban J connectivity index is 1.97. The highest BCUT2D eigenvalue weighted by atomic mass is 19.4. The minimum absolute atomic E-state index is 0.0519. The molecule has 1 saturated carbocycles. The zero-order chi connectivity index (χ0) is 13.2. The molecule has 1 aromatic heterocycles. The normalized spacial score (nSPS) is 24.2. The molecule has 0 aliphatic heterocycles. The summed E-state index contributed by atoms with van der Waals surface area (Å²) in [4.78, 5) is 7.14. The van der Waals surface area contributed by atoms with Crippen LogP contribution >= 0.6 is 0 Å². The Morgan fingerprint density at radius 3 is 2.78 bits per heavy atom. The average Bonchev–Trinajstić information content (AvgIpc) is 2.72. The van der Waals surface area contributed by atoms with Crippen LogP contribution in [0.25, 0.3) is 0 Å². The lowest BCUT2D eigenvalue weighted by molar-refractivity contribution is -0.141. The summed E-state index contributed by atoms with van der Waals surface area (Å²) in [5.74, 6) is 0.00654. The van der Waals surface area contributed by atoms with Crippen LogP contribution in [0.3, 0.4) is 0 Å². The van der Waals surface area contributed by atoms with Gasteiger partial charge in [0.15, 0.2) is 0 Å². The van der Waals surface area contributed by atoms with Crippen molar-refractivity contribution >= 4 is 5.95 Å². The molecule has 0 saturated heterocycles. The molecule has 2 unspecified atom stereocenters. The number of halogens is 3. The van der Waals surface area contributed by atoms with Gasteiger partial charge in [0, 0.05) is 18.7 Å². The van der Waals surface area contributed by atoms with Crippen LogP contribution in [-0.2, 0) is 6.18 Å². The van der Waals surface area contributed by atoms with E-state index in [0.29, 0.717) is 6.54 Å². The maximum Gasteiger partial charge on any atom is 0.433 e. The molecule has 0 spiro atoms. The highest BCUT2D eigenvalue weighted by molar-refractivity contribution is 5.26. The van der Waals surface area contributed by atoms with Gasteiger partial charge in [-0.05, 0) is 18.9 Å². The standard InChI is InChI=1S/C11H14F3N3O/c12-11(13,14)9-4-5-15-10(17-9)16-6-7-2-1-3-8(7)18/h4-5,7-8,18H,1-3,6H2,(H,15,16,17). The molecule has 1 aromatic rings. The predicted octanol–water partition coefficient (Wildman–Crippen LogP) is 2.07. The lowest BCUT2D eigenvalue weighted by Crippen LogP contribution is -2.23. The molecule has 1 aliphatic rings. The first kappa shape index (κ1) is 13.1. The Morgan fingerprint density at radius 1 is 1.39 bits per heavy atom. The van der Waals surface area contributed by atoms with E-state index in [1.54, 1.807) is 0 Å². The first-order chi connectivity index (χ1) is 8.47. The van der Waals surface area contributed by atoms with E-state index in [1.165, 1.54) is 0 Å². The quantitative estimate of drug-likeness (QED) is 0.874. The SMILES string of the molecule is OC1CCCC1CNc1nccc(C(F)(F)F)n1. The summed E-state index contributed by atoms with van der Waals surface area (Å²) in [6.45, 7) is 0.391. The summed E-state index contributed by atoms with van der Waals surface area (Å²) in [5, 5.41) is 12.3. The fourth-order valence-electron chi connectivity index (χ4n) is 2.08. The number of rotatable bonds is 3. The van der Waals surface area contributed by atoms with E-state index in [9.17, 15) is 18.3 Å². The summed E-state index contributed by atoms with van der Waals surface area (Å²) < 4.78 is 37.2. The van der Waals surface area contributed by atoms with Gasteiger partial charge in [-0.1, -0.05) is 6.42 Å². The topological polar surface area (TPSA) is 58.0 Å². The molecule has 1 heterocycles. The number of nitrogens with zero attached hydrogens (tertiary/aromatic N) is 2. The zero-order valence-electron chi connectivity index (χ0n) is 9.61. The summed E-state index contributed by atoms with van der Waals surface area (Å²) in [6, 6.07) is 0.829. The van der Waals surface area contributed by atoms with Crippen molar-refractivity contribution in [3.05, 3.63) is 18.0 Å². The van der Waals surface area contributed by atoms with Gasteiger partial charge >= 0.3 is 6.18 Å². The summed E-state index contributed by atoms with van der Waals surface area (Å²) in [7, 11) is 0. The zero-order valence-corrected chi connectivity index (χ0v) is 9.61. The lowest BCUT2D eigenvalue weighted by atomic mass is 10.1. The molecule has 0 amide bonds. The molecule has 18 heavy (non-hydrogen) atoms. The van der Waals surface area contributed by atoms with Gasteiger partial charge < -0.3 is 10.4 Å². The number of hydrogen-bond acceptors (Lipinski definition) is 4. The van der Waals surface area contributed by atoms with Gasteiger partial charge in [0.05, 0.1) is 6.10 Å². The highest BCUT2D eigenvalue weighted by Crippen LogP contribution is 2.28. The second-order valence-corrected chi connectivity index (χ2v) is 4.40. The smallest absolute Gasteiger partial charge is 0.393 e. The number of aromatic nitrogens is 2. The number of nitrogens with one attached hydrogen (secondary N) is 1. The third-order valence-electron chi connectivity index (χ3n) is 3.09. The molecular formula is C11H14F3N3O. The van der Waals surface area contributed by atoms with Gasteiger partial charge in [0.1, 0.15) is 5.69 Å². The lowest BCUT2D eigenvalue weighted by Gasteiger charge is -2.15. The molecule has 1 fully saturated rings. The Morgan fingerprint density at radius 2 is 2.17 bits per heavy atom. The first-order valence-electron chi connectivity index (χ1n) is 5.79. The van der Waals surface area contributed by atoms with Gasteiger partial charge in [-0.3, -0.25) is 0 Å². The van der Waals surface area contributed by atoms with Gasteiger partial charge in [0.25, 0.3) is 0 Å². The van der Waals surface area contributed by atoms with Crippen LogP contribution in [0, 0.1) is 5.92 Å². The fraction of sp³-hybridized carbons (Fsp3) is 0.636. The van der Waals surface area contributed by atoms with Crippen molar-refractivity contribution in [2.45, 2.75) is 31.5 Å². The number of anilines is 1. The maximum atomic E-state index is 12.4. The van der Waals surface area contributed by atoms with E-state index in [0.717, 1.165) is 31.5 Å². The van der Waals surface area contributed by atoms with Crippen molar-refractivity contribution in [1.82, 2.24) is 9.97 Å². The molecule has 4 nitrogen and oxygen atoms in total. The Hall–Kier alpha value is -1.37. The summed E-state index contributed by atoms with van der Waals surface area (Å²) in [6.07, 6.45) is -1.22. The van der Waals surface area contributed by atoms with E-state index in [-0.39, 0.29) is 18.0 Å². The molecule has 7 heteroatoms. The van der Waals surface area contributed by atoms with Crippen molar-refractivity contribution in [2.75, 3.05) is 11.9 Å². The number of aliphatic hydroxyl groups is 1. The largest absolute Gasteiger partial charge is 0.433 e. The van der Waals surface area contributed by atoms with Crippen LogP contribution in [0.15, 0.2) is 12.3 Å². The van der Waals surface area contributed by atoms with E-state index >= 15 is 0 Å². The second-order valence-electron chi connectivity index (χ2n) is 4.40. The van der Waals surface area contributed by atoms with E-state index in [4.69, 9.17) is 0 Å². The van der Waals surface area contributed by atoms with Gasteiger partial charge in [-0.15, -0.1) is 0 Å². The van der Waals surface area contributed by atoms with Crippen LogP contribution in [-0.4, -0.2) is 27.7 Å². The molecule has 0 radical (unpaired) electrons. The molecule has 1 aliphatic carbocycles. The van der Waals surface area contributed by atoms with Crippen molar-refractivity contribution in [3.8, 4) is 0 Å². The van der Waals surface area contributed by atoms with Gasteiger partial charge in [-0.2, -0.15) is 13.2 Å². The molecule has 100 valence electrons. The van der Waals surface area contributed by atoms with E-state index in [1.807, 2.05) is 0 Å². The van der Waals surface area contributed by atoms with Crippen molar-refractivity contribution < 1.29 is 18.3 Å². The van der Waals surface area contributed by atoms with Crippen LogP contribution in [0.1, 0.15) is 25.0 Å². The maximum absolute atomic E-state index is 12.4. The molecule has 0 bridgehead atoms. The molecule has 2 rings (SSSR count). The molecular weight excluding hydrogens is 247 g/mol. The molecule has 2 atom stereocenters. The molecule has 0 aromatic carbocycles. The van der Waals surface area contributed by atoms with Crippen molar-refractivity contribution in [3.63, 3.8) is 0 Å². The second kappa shape index (κ2) is 5.09. The Kier molecular flexibility index (Phi) is 3.70. The predicted molar refractivity (Wildman–Crippen MR) is 58.9 cm³/mol. The van der Waals surface area contributed by atoms with Gasteiger partial charge in [0.2, 0.25) is 5.95 Å². The van der Waals surface area contributed by atoms with Crippen molar-refractivity contribution in [1.29, 1.82) is 0 Å². The Labute approximate surface area is 102 Å². The van der Waals surface area contributed by atoms with Crippen LogP contribution < -0.4 is 5.32 Å². The van der Waals surface area contributed by atoms with Crippen LogP contribution in [0.4, 0.5) is 19.1 Å². The number of hydrogen-bond donors (Lipinski definition) is 2. The minimum Gasteiger partial charge on any atom is -0.393 e. The van der Waals surface area contributed by atoms with E-state index in [2.05, 4.69) is 15.3 Å². The summed E-state index contributed by atoms with van der Waals surface area (Å²) >= 11 is 0. The van der Waals surface area contributed by atoms with Gasteiger partial charge in [-0.25, -0.2) is 9.97 Å². The monoisotopic (exact) mass is 261 g/mol. The average molecular weight is 261 g/mol. The summed E-state index contributed by atoms with van der Waals surface area (Å²) in [5.41, 5.74) is -0.966. The Bertz CT molecular complexity index is 411. The third-order valence-corrected chi connectivity index (χ3v) is 3.09. The minimum atomic E-state index is -4.47. The highest BCUT2D eigenvalue weighted by Gasteiger charge is 2.33.